The third kappa shape index (κ3) is 3.39. The Labute approximate surface area is 225 Å². The normalized spacial score (nSPS) is 26.7. The molecular formula is C31H26ClNO5. The van der Waals surface area contributed by atoms with Crippen molar-refractivity contribution in [2.45, 2.75) is 39.5 Å². The van der Waals surface area contributed by atoms with Crippen LogP contribution in [0, 0.1) is 31.6 Å². The fraction of sp³-hybridized carbons (Fsp3) is 0.290. The molecule has 0 aromatic heterocycles. The number of amides is 2. The van der Waals surface area contributed by atoms with Gasteiger partial charge in [0, 0.05) is 33.2 Å². The molecule has 4 unspecified atom stereocenters. The van der Waals surface area contributed by atoms with Crippen LogP contribution in [0.15, 0.2) is 70.8 Å². The predicted molar refractivity (Wildman–Crippen MR) is 143 cm³/mol. The Hall–Kier alpha value is -3.77. The van der Waals surface area contributed by atoms with Crippen molar-refractivity contribution in [2.75, 3.05) is 4.90 Å². The van der Waals surface area contributed by atoms with E-state index < -0.39 is 23.7 Å². The Morgan fingerprint density at radius 2 is 1.71 bits per heavy atom. The van der Waals surface area contributed by atoms with Crippen molar-refractivity contribution in [2.24, 2.45) is 17.8 Å². The molecule has 4 aliphatic rings. The average Bonchev–Trinajstić information content (AvgIpc) is 3.14. The summed E-state index contributed by atoms with van der Waals surface area (Å²) in [5.41, 5.74) is 4.35. The molecule has 0 radical (unpaired) electrons. The highest BCUT2D eigenvalue weighted by Gasteiger charge is 2.56. The lowest BCUT2D eigenvalue weighted by atomic mass is 9.59. The van der Waals surface area contributed by atoms with E-state index in [9.17, 15) is 24.3 Å². The van der Waals surface area contributed by atoms with Gasteiger partial charge in [-0.2, -0.15) is 0 Å². The number of nitrogens with zero attached hydrogens (tertiary/aromatic N) is 1. The number of carbonyl (C=O) groups is 4. The maximum absolute atomic E-state index is 13.9. The molecule has 0 bridgehead atoms. The van der Waals surface area contributed by atoms with Gasteiger partial charge in [0.2, 0.25) is 11.8 Å². The number of anilines is 1. The maximum Gasteiger partial charge on any atom is 0.238 e. The monoisotopic (exact) mass is 527 g/mol. The lowest BCUT2D eigenvalue weighted by molar-refractivity contribution is -0.123. The van der Waals surface area contributed by atoms with Gasteiger partial charge in [0.05, 0.1) is 17.5 Å². The topological polar surface area (TPSA) is 91.8 Å². The number of hydrogen-bond acceptors (Lipinski definition) is 5. The first-order chi connectivity index (χ1) is 18.1. The van der Waals surface area contributed by atoms with E-state index in [2.05, 4.69) is 0 Å². The number of fused-ring (bicyclic) bond motifs is 3. The Balaban J connectivity index is 1.50. The largest absolute Gasteiger partial charge is 0.507 e. The Morgan fingerprint density at radius 3 is 2.45 bits per heavy atom. The molecule has 0 spiro atoms. The van der Waals surface area contributed by atoms with Crippen LogP contribution >= 0.6 is 11.6 Å². The van der Waals surface area contributed by atoms with Crippen molar-refractivity contribution in [1.29, 1.82) is 0 Å². The van der Waals surface area contributed by atoms with Crippen LogP contribution < -0.4 is 4.90 Å². The van der Waals surface area contributed by atoms with Gasteiger partial charge in [0.1, 0.15) is 5.75 Å². The highest BCUT2D eigenvalue weighted by Crippen LogP contribution is 2.56. The summed E-state index contributed by atoms with van der Waals surface area (Å²) in [4.78, 5) is 55.4. The van der Waals surface area contributed by atoms with Crippen molar-refractivity contribution < 1.29 is 24.3 Å². The SMILES string of the molecule is CC1=CC(=O)C2=C(CC3C(=CCC4C(=O)N(c5ccc(C)c(Cl)c5)C(=O)C43)C2c2cccc(C)c2O)C1=O. The van der Waals surface area contributed by atoms with Crippen LogP contribution in [0.3, 0.4) is 0 Å². The number of phenols is 1. The average molecular weight is 528 g/mol. The molecule has 6 nitrogen and oxygen atoms in total. The third-order valence-corrected chi connectivity index (χ3v) is 8.96. The summed E-state index contributed by atoms with van der Waals surface area (Å²) >= 11 is 6.32. The highest BCUT2D eigenvalue weighted by atomic mass is 35.5. The van der Waals surface area contributed by atoms with E-state index in [0.29, 0.717) is 45.0 Å². The first-order valence-corrected chi connectivity index (χ1v) is 13.1. The van der Waals surface area contributed by atoms with Gasteiger partial charge in [-0.25, -0.2) is 4.90 Å². The maximum atomic E-state index is 13.9. The summed E-state index contributed by atoms with van der Waals surface area (Å²) in [6.45, 7) is 5.25. The van der Waals surface area contributed by atoms with Crippen LogP contribution in [0.4, 0.5) is 5.69 Å². The van der Waals surface area contributed by atoms with E-state index in [1.165, 1.54) is 11.0 Å². The van der Waals surface area contributed by atoms with E-state index in [0.717, 1.165) is 11.1 Å². The van der Waals surface area contributed by atoms with E-state index >= 15 is 0 Å². The number of halogens is 1. The van der Waals surface area contributed by atoms with Crippen molar-refractivity contribution >= 4 is 40.7 Å². The zero-order valence-electron chi connectivity index (χ0n) is 21.2. The minimum absolute atomic E-state index is 0.0595. The fourth-order valence-electron chi connectivity index (χ4n) is 6.63. The quantitative estimate of drug-likeness (QED) is 0.325. The number of rotatable bonds is 2. The summed E-state index contributed by atoms with van der Waals surface area (Å²) in [5, 5.41) is 11.5. The Morgan fingerprint density at radius 1 is 0.947 bits per heavy atom. The number of phenolic OH excluding ortho intramolecular Hbond substituents is 1. The van der Waals surface area contributed by atoms with Crippen LogP contribution in [0.5, 0.6) is 5.75 Å². The second-order valence-electron chi connectivity index (χ2n) is 10.7. The summed E-state index contributed by atoms with van der Waals surface area (Å²) < 4.78 is 0. The zero-order valence-corrected chi connectivity index (χ0v) is 22.0. The standard InChI is InChI=1S/C31H26ClNO5/c1-14-7-8-17(12-23(14)32)33-30(37)20-10-9-18-21(26(20)31(33)38)13-22-27(24(34)11-16(3)29(22)36)25(18)19-6-4-5-15(2)28(19)35/h4-9,11-12,20-21,25-26,35H,10,13H2,1-3H3. The smallest absolute Gasteiger partial charge is 0.238 e. The van der Waals surface area contributed by atoms with Gasteiger partial charge in [-0.15, -0.1) is 0 Å². The minimum atomic E-state index is -0.680. The van der Waals surface area contributed by atoms with Gasteiger partial charge in [-0.1, -0.05) is 47.5 Å². The zero-order chi connectivity index (χ0) is 27.0. The number of imide groups is 1. The minimum Gasteiger partial charge on any atom is -0.507 e. The number of benzene rings is 2. The highest BCUT2D eigenvalue weighted by molar-refractivity contribution is 6.32. The predicted octanol–water partition coefficient (Wildman–Crippen LogP) is 5.30. The van der Waals surface area contributed by atoms with E-state index in [1.807, 2.05) is 19.1 Å². The van der Waals surface area contributed by atoms with Crippen LogP contribution in [0.2, 0.25) is 5.02 Å². The fourth-order valence-corrected chi connectivity index (χ4v) is 6.80. The number of carbonyl (C=O) groups excluding carboxylic acids is 4. The van der Waals surface area contributed by atoms with Crippen molar-refractivity contribution in [1.82, 2.24) is 0 Å². The molecule has 6 rings (SSSR count). The molecule has 4 atom stereocenters. The molecule has 1 aliphatic heterocycles. The van der Waals surface area contributed by atoms with Crippen molar-refractivity contribution in [3.8, 4) is 5.75 Å². The summed E-state index contributed by atoms with van der Waals surface area (Å²) in [7, 11) is 0. The molecule has 2 amide bonds. The molecule has 1 heterocycles. The third-order valence-electron chi connectivity index (χ3n) is 8.56. The molecule has 7 heteroatoms. The van der Waals surface area contributed by atoms with Gasteiger partial charge < -0.3 is 5.11 Å². The van der Waals surface area contributed by atoms with Gasteiger partial charge in [-0.3, -0.25) is 19.2 Å². The van der Waals surface area contributed by atoms with Gasteiger partial charge in [0.25, 0.3) is 0 Å². The first-order valence-electron chi connectivity index (χ1n) is 12.7. The molecule has 38 heavy (non-hydrogen) atoms. The lowest BCUT2D eigenvalue weighted by Crippen LogP contribution is -2.39. The van der Waals surface area contributed by atoms with Gasteiger partial charge >= 0.3 is 0 Å². The Kier molecular flexibility index (Phi) is 5.58. The summed E-state index contributed by atoms with van der Waals surface area (Å²) in [6.07, 6.45) is 3.84. The number of aryl methyl sites for hydroxylation is 2. The van der Waals surface area contributed by atoms with Crippen LogP contribution in [-0.4, -0.2) is 28.5 Å². The summed E-state index contributed by atoms with van der Waals surface area (Å²) in [5.74, 6) is -3.41. The number of Topliss-reactive ketones (excluding diaryl/α,β-unsaturated/α-hetero) is 1. The molecular weight excluding hydrogens is 502 g/mol. The second kappa shape index (κ2) is 8.63. The van der Waals surface area contributed by atoms with Crippen LogP contribution in [0.25, 0.3) is 0 Å². The number of hydrogen-bond donors (Lipinski definition) is 1. The van der Waals surface area contributed by atoms with Crippen molar-refractivity contribution in [3.63, 3.8) is 0 Å². The van der Waals surface area contributed by atoms with Crippen molar-refractivity contribution in [3.05, 3.63) is 92.6 Å². The number of para-hydroxylation sites is 1. The molecule has 0 saturated carbocycles. The molecule has 1 fully saturated rings. The van der Waals surface area contributed by atoms with Crippen LogP contribution in [-0.2, 0) is 19.2 Å². The van der Waals surface area contributed by atoms with Crippen LogP contribution in [0.1, 0.15) is 42.4 Å². The lowest BCUT2D eigenvalue weighted by Gasteiger charge is -2.42. The first kappa shape index (κ1) is 24.6. The van der Waals surface area contributed by atoms with Gasteiger partial charge in [-0.05, 0) is 68.9 Å². The molecule has 1 saturated heterocycles. The van der Waals surface area contributed by atoms with E-state index in [4.69, 9.17) is 11.6 Å². The number of ketones is 2. The summed E-state index contributed by atoms with van der Waals surface area (Å²) in [6, 6.07) is 10.5. The molecule has 3 aliphatic carbocycles. The van der Waals surface area contributed by atoms with E-state index in [1.54, 1.807) is 44.2 Å². The molecule has 192 valence electrons. The molecule has 2 aromatic carbocycles. The van der Waals surface area contributed by atoms with Gasteiger partial charge in [0.15, 0.2) is 11.6 Å². The number of allylic oxidation sites excluding steroid dienone is 6. The van der Waals surface area contributed by atoms with E-state index in [-0.39, 0.29) is 35.6 Å². The number of aromatic hydroxyl groups is 1. The second-order valence-corrected chi connectivity index (χ2v) is 11.1. The Bertz CT molecular complexity index is 1580. The molecule has 1 N–H and O–H groups in total. The molecule has 2 aromatic rings.